The van der Waals surface area contributed by atoms with Crippen molar-refractivity contribution in [2.45, 2.75) is 31.2 Å². The zero-order valence-corrected chi connectivity index (χ0v) is 13.9. The third kappa shape index (κ3) is 5.22. The number of unbranched alkanes of at least 4 members (excludes halogenated alkanes) is 1. The van der Waals surface area contributed by atoms with Gasteiger partial charge in [-0.15, -0.1) is 12.3 Å². The zero-order valence-electron chi connectivity index (χ0n) is 13.9. The molecule has 25 heavy (non-hydrogen) atoms. The van der Waals surface area contributed by atoms with Crippen LogP contribution in [-0.2, 0) is 9.59 Å². The van der Waals surface area contributed by atoms with Gasteiger partial charge in [-0.1, -0.05) is 60.7 Å². The number of benzene rings is 2. The molecule has 0 radical (unpaired) electrons. The highest BCUT2D eigenvalue weighted by Gasteiger charge is 2.27. The minimum atomic E-state index is -1.05. The van der Waals surface area contributed by atoms with E-state index in [1.165, 1.54) is 0 Å². The minimum Gasteiger partial charge on any atom is -0.480 e. The largest absolute Gasteiger partial charge is 0.480 e. The lowest BCUT2D eigenvalue weighted by atomic mass is 9.90. The second-order valence-corrected chi connectivity index (χ2v) is 5.75. The second kappa shape index (κ2) is 9.29. The standard InChI is InChI=1S/C21H21NO3/c1-2-3-6-15-18(21(24)25)22-20(23)19(16-11-7-4-8-12-16)17-13-9-5-10-14-17/h1,4-5,7-14,18-19H,3,6,15H2,(H,22,23)(H,24,25)/t18-/m1/s1. The summed E-state index contributed by atoms with van der Waals surface area (Å²) in [5, 5.41) is 12.0. The molecule has 0 saturated heterocycles. The third-order valence-electron chi connectivity index (χ3n) is 3.96. The van der Waals surface area contributed by atoms with Crippen LogP contribution in [0, 0.1) is 12.3 Å². The first-order valence-electron chi connectivity index (χ1n) is 8.20. The number of carbonyl (C=O) groups is 2. The van der Waals surface area contributed by atoms with Gasteiger partial charge >= 0.3 is 5.97 Å². The molecule has 0 aromatic heterocycles. The van der Waals surface area contributed by atoms with Crippen LogP contribution in [-0.4, -0.2) is 23.0 Å². The Kier molecular flexibility index (Phi) is 6.79. The smallest absolute Gasteiger partial charge is 0.326 e. The molecule has 0 heterocycles. The van der Waals surface area contributed by atoms with Crippen molar-refractivity contribution in [2.75, 3.05) is 0 Å². The summed E-state index contributed by atoms with van der Waals surface area (Å²) in [6, 6.07) is 17.7. The summed E-state index contributed by atoms with van der Waals surface area (Å²) in [6.07, 6.45) is 6.55. The van der Waals surface area contributed by atoms with Crippen molar-refractivity contribution in [2.24, 2.45) is 0 Å². The van der Waals surface area contributed by atoms with Crippen LogP contribution in [0.2, 0.25) is 0 Å². The zero-order chi connectivity index (χ0) is 18.1. The van der Waals surface area contributed by atoms with Crippen molar-refractivity contribution in [1.82, 2.24) is 5.32 Å². The molecule has 0 bridgehead atoms. The number of rotatable bonds is 8. The molecule has 0 aliphatic heterocycles. The van der Waals surface area contributed by atoms with Gasteiger partial charge in [0, 0.05) is 6.42 Å². The first kappa shape index (κ1) is 18.3. The van der Waals surface area contributed by atoms with E-state index in [0.29, 0.717) is 19.3 Å². The molecule has 4 nitrogen and oxygen atoms in total. The van der Waals surface area contributed by atoms with Crippen molar-refractivity contribution in [3.8, 4) is 12.3 Å². The van der Waals surface area contributed by atoms with Crippen LogP contribution in [0.5, 0.6) is 0 Å². The van der Waals surface area contributed by atoms with E-state index in [1.54, 1.807) is 0 Å². The molecular weight excluding hydrogens is 314 g/mol. The topological polar surface area (TPSA) is 66.4 Å². The van der Waals surface area contributed by atoms with Gasteiger partial charge in [0.15, 0.2) is 0 Å². The monoisotopic (exact) mass is 335 g/mol. The van der Waals surface area contributed by atoms with Gasteiger partial charge in [-0.25, -0.2) is 4.79 Å². The second-order valence-electron chi connectivity index (χ2n) is 5.75. The Morgan fingerprint density at radius 2 is 1.52 bits per heavy atom. The highest BCUT2D eigenvalue weighted by atomic mass is 16.4. The SMILES string of the molecule is C#CCCC[C@@H](NC(=O)C(c1ccccc1)c1ccccc1)C(=O)O. The highest BCUT2D eigenvalue weighted by Crippen LogP contribution is 2.25. The van der Waals surface area contributed by atoms with E-state index in [9.17, 15) is 14.7 Å². The van der Waals surface area contributed by atoms with Gasteiger partial charge in [0.2, 0.25) is 5.91 Å². The number of hydrogen-bond donors (Lipinski definition) is 2. The highest BCUT2D eigenvalue weighted by molar-refractivity contribution is 5.90. The number of carboxylic acid groups (broad SMARTS) is 1. The van der Waals surface area contributed by atoms with E-state index in [2.05, 4.69) is 11.2 Å². The molecule has 0 aliphatic rings. The first-order chi connectivity index (χ1) is 12.1. The van der Waals surface area contributed by atoms with Gasteiger partial charge in [-0.2, -0.15) is 0 Å². The van der Waals surface area contributed by atoms with Crippen LogP contribution in [0.4, 0.5) is 0 Å². The number of carbonyl (C=O) groups excluding carboxylic acids is 1. The van der Waals surface area contributed by atoms with Crippen LogP contribution in [0.15, 0.2) is 60.7 Å². The third-order valence-corrected chi connectivity index (χ3v) is 3.96. The number of aliphatic carboxylic acids is 1. The van der Waals surface area contributed by atoms with Crippen LogP contribution in [0.25, 0.3) is 0 Å². The summed E-state index contributed by atoms with van der Waals surface area (Å²) in [6.45, 7) is 0. The normalized spacial score (nSPS) is 11.5. The Bertz CT molecular complexity index is 695. The Labute approximate surface area is 147 Å². The van der Waals surface area contributed by atoms with Crippen molar-refractivity contribution in [3.63, 3.8) is 0 Å². The maximum absolute atomic E-state index is 12.9. The van der Waals surface area contributed by atoms with Gasteiger partial charge in [0.1, 0.15) is 6.04 Å². The molecule has 128 valence electrons. The Morgan fingerprint density at radius 3 is 1.96 bits per heavy atom. The maximum Gasteiger partial charge on any atom is 0.326 e. The lowest BCUT2D eigenvalue weighted by Crippen LogP contribution is -2.43. The van der Waals surface area contributed by atoms with Gasteiger partial charge in [0.25, 0.3) is 0 Å². The number of nitrogens with one attached hydrogen (secondary N) is 1. The molecule has 0 spiro atoms. The van der Waals surface area contributed by atoms with E-state index >= 15 is 0 Å². The van der Waals surface area contributed by atoms with E-state index in [4.69, 9.17) is 6.42 Å². The summed E-state index contributed by atoms with van der Waals surface area (Å²) >= 11 is 0. The first-order valence-corrected chi connectivity index (χ1v) is 8.20. The van der Waals surface area contributed by atoms with Crippen molar-refractivity contribution in [3.05, 3.63) is 71.8 Å². The molecule has 1 amide bonds. The summed E-state index contributed by atoms with van der Waals surface area (Å²) in [5.74, 6) is 0.547. The fourth-order valence-electron chi connectivity index (χ4n) is 2.71. The van der Waals surface area contributed by atoms with E-state index < -0.39 is 17.9 Å². The lowest BCUT2D eigenvalue weighted by Gasteiger charge is -2.21. The Morgan fingerprint density at radius 1 is 1.00 bits per heavy atom. The minimum absolute atomic E-state index is 0.307. The van der Waals surface area contributed by atoms with Crippen LogP contribution in [0.1, 0.15) is 36.3 Å². The predicted octanol–water partition coefficient (Wildman–Crippen LogP) is 3.19. The number of terminal acetylenes is 1. The van der Waals surface area contributed by atoms with E-state index in [1.807, 2.05) is 60.7 Å². The Balaban J connectivity index is 2.23. The molecule has 0 aliphatic carbocycles. The van der Waals surface area contributed by atoms with Crippen molar-refractivity contribution in [1.29, 1.82) is 0 Å². The number of amides is 1. The van der Waals surface area contributed by atoms with E-state index in [0.717, 1.165) is 11.1 Å². The van der Waals surface area contributed by atoms with Gasteiger partial charge < -0.3 is 10.4 Å². The molecule has 2 aromatic carbocycles. The maximum atomic E-state index is 12.9. The van der Waals surface area contributed by atoms with Crippen LogP contribution in [0.3, 0.4) is 0 Å². The van der Waals surface area contributed by atoms with Crippen LogP contribution < -0.4 is 5.32 Å². The van der Waals surface area contributed by atoms with Crippen molar-refractivity contribution < 1.29 is 14.7 Å². The van der Waals surface area contributed by atoms with Gasteiger partial charge in [-0.05, 0) is 24.0 Å². The molecule has 4 heteroatoms. The Hall–Kier alpha value is -3.06. The molecular formula is C21H21NO3. The van der Waals surface area contributed by atoms with Gasteiger partial charge in [0.05, 0.1) is 5.92 Å². The summed E-state index contributed by atoms with van der Waals surface area (Å²) in [4.78, 5) is 24.3. The summed E-state index contributed by atoms with van der Waals surface area (Å²) in [5.41, 5.74) is 1.64. The van der Waals surface area contributed by atoms with E-state index in [-0.39, 0.29) is 5.91 Å². The predicted molar refractivity (Wildman–Crippen MR) is 97.0 cm³/mol. The van der Waals surface area contributed by atoms with Gasteiger partial charge in [-0.3, -0.25) is 4.79 Å². The van der Waals surface area contributed by atoms with Crippen LogP contribution >= 0.6 is 0 Å². The average Bonchev–Trinajstić information content (AvgIpc) is 2.63. The number of carboxylic acids is 1. The molecule has 2 rings (SSSR count). The molecule has 2 N–H and O–H groups in total. The summed E-state index contributed by atoms with van der Waals surface area (Å²) < 4.78 is 0. The molecule has 2 aromatic rings. The molecule has 0 fully saturated rings. The lowest BCUT2D eigenvalue weighted by molar-refractivity contribution is -0.142. The fraction of sp³-hybridized carbons (Fsp3) is 0.238. The van der Waals surface area contributed by atoms with Crippen molar-refractivity contribution >= 4 is 11.9 Å². The average molecular weight is 335 g/mol. The quantitative estimate of drug-likeness (QED) is 0.575. The molecule has 1 atom stereocenters. The fourth-order valence-corrected chi connectivity index (χ4v) is 2.71. The number of hydrogen-bond acceptors (Lipinski definition) is 2. The molecule has 0 saturated carbocycles. The summed E-state index contributed by atoms with van der Waals surface area (Å²) in [7, 11) is 0. The molecule has 0 unspecified atom stereocenters.